The van der Waals surface area contributed by atoms with Crippen LogP contribution in [0.1, 0.15) is 29.5 Å². The van der Waals surface area contributed by atoms with Crippen molar-refractivity contribution < 1.29 is 47.9 Å². The number of ether oxygens (including phenoxy) is 7. The molecule has 0 amide bonds. The maximum Gasteiger partial charge on any atom is 0.528 e. The van der Waals surface area contributed by atoms with Gasteiger partial charge in [0.2, 0.25) is 0 Å². The van der Waals surface area contributed by atoms with Crippen molar-refractivity contribution in [1.82, 2.24) is 5.06 Å². The first-order valence-electron chi connectivity index (χ1n) is 15.1. The van der Waals surface area contributed by atoms with Crippen LogP contribution in [0.3, 0.4) is 0 Å². The third-order valence-corrected chi connectivity index (χ3v) is 7.54. The van der Waals surface area contributed by atoms with E-state index in [1.165, 1.54) is 7.11 Å². The van der Waals surface area contributed by atoms with E-state index in [4.69, 9.17) is 38.0 Å². The van der Waals surface area contributed by atoms with Crippen LogP contribution in [0.2, 0.25) is 0 Å². The molecular weight excluding hydrogens is 582 g/mol. The zero-order valence-electron chi connectivity index (χ0n) is 25.3. The van der Waals surface area contributed by atoms with Gasteiger partial charge in [0.1, 0.15) is 44.0 Å². The fourth-order valence-corrected chi connectivity index (χ4v) is 5.18. The minimum atomic E-state index is -1.01. The van der Waals surface area contributed by atoms with Crippen molar-refractivity contribution in [3.8, 4) is 0 Å². The number of rotatable bonds is 13. The van der Waals surface area contributed by atoms with Crippen molar-refractivity contribution in [3.05, 3.63) is 108 Å². The Labute approximate surface area is 263 Å². The molecule has 2 heterocycles. The monoisotopic (exact) mass is 623 g/mol. The molecule has 6 atom stereocenters. The van der Waals surface area contributed by atoms with E-state index in [2.05, 4.69) is 0 Å². The minimum absolute atomic E-state index is 0.0689. The van der Waals surface area contributed by atoms with E-state index in [-0.39, 0.29) is 26.6 Å². The highest BCUT2D eigenvalue weighted by Gasteiger charge is 2.49. The van der Waals surface area contributed by atoms with Crippen molar-refractivity contribution in [2.75, 3.05) is 27.1 Å². The summed E-state index contributed by atoms with van der Waals surface area (Å²) in [5.74, 6) is 0. The van der Waals surface area contributed by atoms with Crippen LogP contribution in [0.5, 0.6) is 0 Å². The highest BCUT2D eigenvalue weighted by molar-refractivity contribution is 5.59. The number of hydroxylamine groups is 2. The summed E-state index contributed by atoms with van der Waals surface area (Å²) in [4.78, 5) is 18.0. The lowest BCUT2D eigenvalue weighted by Crippen LogP contribution is -2.61. The summed E-state index contributed by atoms with van der Waals surface area (Å²) in [5.41, 5.74) is 2.89. The first-order valence-corrected chi connectivity index (χ1v) is 15.1. The zero-order chi connectivity index (χ0) is 31.3. The van der Waals surface area contributed by atoms with Gasteiger partial charge in [-0.15, -0.1) is 0 Å². The van der Waals surface area contributed by atoms with Gasteiger partial charge in [-0.25, -0.2) is 4.79 Å². The lowest BCUT2D eigenvalue weighted by atomic mass is 9.98. The molecule has 11 nitrogen and oxygen atoms in total. The Morgan fingerprint density at radius 2 is 1.33 bits per heavy atom. The van der Waals surface area contributed by atoms with Gasteiger partial charge in [0.25, 0.3) is 0 Å². The summed E-state index contributed by atoms with van der Waals surface area (Å²) >= 11 is 0. The predicted octanol–water partition coefficient (Wildman–Crippen LogP) is 4.57. The van der Waals surface area contributed by atoms with Crippen LogP contribution in [0.15, 0.2) is 91.0 Å². The van der Waals surface area contributed by atoms with Crippen LogP contribution in [0, 0.1) is 0 Å². The van der Waals surface area contributed by atoms with E-state index < -0.39 is 43.1 Å². The van der Waals surface area contributed by atoms with E-state index in [1.807, 2.05) is 91.0 Å². The second-order valence-electron chi connectivity index (χ2n) is 10.8. The Morgan fingerprint density at radius 1 is 0.800 bits per heavy atom. The Bertz CT molecular complexity index is 1270. The van der Waals surface area contributed by atoms with Gasteiger partial charge in [-0.1, -0.05) is 96.1 Å². The second-order valence-corrected chi connectivity index (χ2v) is 10.8. The van der Waals surface area contributed by atoms with Crippen LogP contribution >= 0.6 is 0 Å². The third kappa shape index (κ3) is 9.80. The van der Waals surface area contributed by atoms with Gasteiger partial charge < -0.3 is 43.1 Å². The molecule has 2 aliphatic rings. The molecule has 0 aliphatic carbocycles. The van der Waals surface area contributed by atoms with Crippen LogP contribution in [-0.2, 0) is 57.8 Å². The molecule has 0 bridgehead atoms. The summed E-state index contributed by atoms with van der Waals surface area (Å²) in [6.45, 7) is 0.972. The van der Waals surface area contributed by atoms with Crippen LogP contribution in [0.25, 0.3) is 0 Å². The number of carbonyl (C=O) groups is 1. The van der Waals surface area contributed by atoms with Crippen LogP contribution < -0.4 is 0 Å². The van der Waals surface area contributed by atoms with E-state index in [0.717, 1.165) is 21.8 Å². The van der Waals surface area contributed by atoms with Crippen LogP contribution in [0.4, 0.5) is 4.79 Å². The number of aliphatic hydroxyl groups excluding tert-OH is 1. The lowest BCUT2D eigenvalue weighted by Gasteiger charge is -2.45. The number of nitrogens with zero attached hydrogens (tertiary/aromatic N) is 1. The molecular formula is C34H41NO10. The number of hydrogen-bond donors (Lipinski definition) is 1. The average molecular weight is 624 g/mol. The van der Waals surface area contributed by atoms with E-state index in [1.54, 1.807) is 0 Å². The van der Waals surface area contributed by atoms with Crippen molar-refractivity contribution in [1.29, 1.82) is 0 Å². The Balaban J connectivity index is 1.35. The van der Waals surface area contributed by atoms with Gasteiger partial charge in [-0.2, -0.15) is 0 Å². The van der Waals surface area contributed by atoms with Crippen molar-refractivity contribution in [3.63, 3.8) is 0 Å². The number of methoxy groups -OCH3 is 1. The smallest absolute Gasteiger partial charge is 0.430 e. The van der Waals surface area contributed by atoms with E-state index in [0.29, 0.717) is 26.1 Å². The second kappa shape index (κ2) is 17.3. The normalized spacial score (nSPS) is 25.7. The summed E-state index contributed by atoms with van der Waals surface area (Å²) in [5, 5.41) is 11.3. The SMILES string of the molecule is COC1OC(COC(=O)ON2COCCCC2O)C(OCc2ccccc2)C(OCc2ccccc2)C1OCc1ccccc1. The molecule has 1 N–H and O–H groups in total. The Hall–Kier alpha value is -3.39. The molecule has 0 spiro atoms. The van der Waals surface area contributed by atoms with Gasteiger partial charge in [-0.3, -0.25) is 0 Å². The molecule has 0 saturated carbocycles. The molecule has 2 aliphatic heterocycles. The predicted molar refractivity (Wildman–Crippen MR) is 161 cm³/mol. The Morgan fingerprint density at radius 3 is 1.89 bits per heavy atom. The molecule has 3 aromatic rings. The maximum absolute atomic E-state index is 12.7. The molecule has 2 saturated heterocycles. The van der Waals surface area contributed by atoms with Gasteiger partial charge in [-0.05, 0) is 29.5 Å². The molecule has 0 radical (unpaired) electrons. The molecule has 2 fully saturated rings. The van der Waals surface area contributed by atoms with Gasteiger partial charge in [0.05, 0.1) is 19.8 Å². The van der Waals surface area contributed by atoms with Crippen molar-refractivity contribution in [2.45, 2.75) is 69.6 Å². The van der Waals surface area contributed by atoms with Gasteiger partial charge in [0, 0.05) is 13.7 Å². The largest absolute Gasteiger partial charge is 0.528 e. The number of benzene rings is 3. The van der Waals surface area contributed by atoms with Crippen LogP contribution in [-0.4, -0.2) is 80.3 Å². The minimum Gasteiger partial charge on any atom is -0.430 e. The maximum atomic E-state index is 12.7. The molecule has 0 aromatic heterocycles. The topological polar surface area (TPSA) is 114 Å². The Kier molecular flexibility index (Phi) is 12.7. The summed E-state index contributed by atoms with van der Waals surface area (Å²) < 4.78 is 42.4. The number of aliphatic hydroxyl groups is 1. The zero-order valence-corrected chi connectivity index (χ0v) is 25.3. The molecule has 6 unspecified atom stereocenters. The molecule has 242 valence electrons. The molecule has 11 heteroatoms. The summed E-state index contributed by atoms with van der Waals surface area (Å²) in [7, 11) is 1.52. The van der Waals surface area contributed by atoms with E-state index >= 15 is 0 Å². The standard InChI is InChI=1S/C34H41NO10/c1-38-33-32(42-22-27-16-9-4-10-17-27)31(41-21-26-14-7-3-8-15-26)30(40-20-25-12-5-2-6-13-25)28(44-33)23-43-34(37)45-35-24-39-19-11-18-29(35)36/h2-10,12-17,28-33,36H,11,18-24H2,1H3. The molecule has 45 heavy (non-hydrogen) atoms. The van der Waals surface area contributed by atoms with E-state index in [9.17, 15) is 9.90 Å². The summed E-state index contributed by atoms with van der Waals surface area (Å²) in [6, 6.07) is 29.3. The molecule has 5 rings (SSSR count). The fourth-order valence-electron chi connectivity index (χ4n) is 5.18. The van der Waals surface area contributed by atoms with Gasteiger partial charge in [0.15, 0.2) is 6.29 Å². The van der Waals surface area contributed by atoms with Crippen molar-refractivity contribution in [2.24, 2.45) is 0 Å². The fraction of sp³-hybridized carbons (Fsp3) is 0.441. The highest BCUT2D eigenvalue weighted by atomic mass is 16.8. The summed E-state index contributed by atoms with van der Waals surface area (Å²) in [6.07, 6.45) is -4.75. The quantitative estimate of drug-likeness (QED) is 0.270. The third-order valence-electron chi connectivity index (χ3n) is 7.54. The van der Waals surface area contributed by atoms with Gasteiger partial charge >= 0.3 is 6.16 Å². The lowest BCUT2D eigenvalue weighted by molar-refractivity contribution is -0.322. The molecule has 3 aromatic carbocycles. The average Bonchev–Trinajstić information content (AvgIpc) is 3.29. The number of hydrogen-bond acceptors (Lipinski definition) is 11. The highest BCUT2D eigenvalue weighted by Crippen LogP contribution is 2.31. The van der Waals surface area contributed by atoms with Crippen molar-refractivity contribution >= 4 is 6.16 Å². The first-order chi connectivity index (χ1) is 22.1. The first kappa shape index (κ1) is 33.0. The number of carbonyl (C=O) groups excluding carboxylic acids is 1.